The van der Waals surface area contributed by atoms with Crippen LogP contribution >= 0.6 is 0 Å². The van der Waals surface area contributed by atoms with E-state index in [-0.39, 0.29) is 0 Å². The molecule has 16 heavy (non-hydrogen) atoms. The fourth-order valence-electron chi connectivity index (χ4n) is 1.65. The Balaban J connectivity index is 3.01. The average Bonchev–Trinajstić information content (AvgIpc) is 2.25. The zero-order valence-corrected chi connectivity index (χ0v) is 10.6. The Morgan fingerprint density at radius 3 is 2.12 bits per heavy atom. The second-order valence-electron chi connectivity index (χ2n) is 4.31. The minimum Gasteiger partial charge on any atom is -0.481 e. The highest BCUT2D eigenvalue weighted by atomic mass is 16.4. The lowest BCUT2D eigenvalue weighted by Crippen LogP contribution is -1.93. The van der Waals surface area contributed by atoms with Crippen LogP contribution in [0.1, 0.15) is 71.1 Å². The van der Waals surface area contributed by atoms with Crippen molar-refractivity contribution in [3.8, 4) is 0 Å². The fourth-order valence-corrected chi connectivity index (χ4v) is 1.65. The summed E-state index contributed by atoms with van der Waals surface area (Å²) in [5.41, 5.74) is 0. The van der Waals surface area contributed by atoms with Crippen LogP contribution in [-0.2, 0) is 4.79 Å². The molecule has 2 nitrogen and oxygen atoms in total. The number of aliphatic carboxylic acids is 1. The summed E-state index contributed by atoms with van der Waals surface area (Å²) in [6.07, 6.45) is 15.4. The molecule has 0 spiro atoms. The SMILES string of the molecule is CCC/C=C/CCCCCCCCC(=O)O. The van der Waals surface area contributed by atoms with Crippen molar-refractivity contribution in [2.75, 3.05) is 0 Å². The molecule has 0 aromatic rings. The van der Waals surface area contributed by atoms with Gasteiger partial charge in [-0.3, -0.25) is 4.79 Å². The lowest BCUT2D eigenvalue weighted by atomic mass is 10.1. The van der Waals surface area contributed by atoms with E-state index in [1.54, 1.807) is 0 Å². The van der Waals surface area contributed by atoms with Crippen molar-refractivity contribution in [1.29, 1.82) is 0 Å². The van der Waals surface area contributed by atoms with Gasteiger partial charge in [0.25, 0.3) is 0 Å². The largest absolute Gasteiger partial charge is 0.481 e. The summed E-state index contributed by atoms with van der Waals surface area (Å²) in [7, 11) is 0. The second-order valence-corrected chi connectivity index (χ2v) is 4.31. The molecule has 0 aliphatic heterocycles. The molecule has 0 aromatic carbocycles. The van der Waals surface area contributed by atoms with E-state index in [0.717, 1.165) is 12.8 Å². The van der Waals surface area contributed by atoms with E-state index in [4.69, 9.17) is 5.11 Å². The number of unbranched alkanes of at least 4 members (excludes halogenated alkanes) is 7. The minimum atomic E-state index is -0.666. The van der Waals surface area contributed by atoms with Gasteiger partial charge in [-0.15, -0.1) is 0 Å². The van der Waals surface area contributed by atoms with E-state index >= 15 is 0 Å². The highest BCUT2D eigenvalue weighted by molar-refractivity contribution is 5.66. The van der Waals surface area contributed by atoms with Crippen LogP contribution in [0, 0.1) is 0 Å². The number of hydrogen-bond donors (Lipinski definition) is 1. The predicted octanol–water partition coefficient (Wildman–Crippen LogP) is 4.55. The molecule has 0 aromatic heterocycles. The van der Waals surface area contributed by atoms with Gasteiger partial charge in [0.2, 0.25) is 0 Å². The molecule has 94 valence electrons. The van der Waals surface area contributed by atoms with Crippen LogP contribution in [0.4, 0.5) is 0 Å². The third kappa shape index (κ3) is 13.2. The van der Waals surface area contributed by atoms with Gasteiger partial charge in [-0.25, -0.2) is 0 Å². The van der Waals surface area contributed by atoms with Crippen LogP contribution in [-0.4, -0.2) is 11.1 Å². The van der Waals surface area contributed by atoms with Gasteiger partial charge in [-0.1, -0.05) is 51.2 Å². The Morgan fingerprint density at radius 2 is 1.50 bits per heavy atom. The third-order valence-electron chi connectivity index (χ3n) is 2.63. The number of rotatable bonds is 11. The summed E-state index contributed by atoms with van der Waals surface area (Å²) in [6, 6.07) is 0. The first kappa shape index (κ1) is 15.2. The normalized spacial score (nSPS) is 11.1. The van der Waals surface area contributed by atoms with Gasteiger partial charge in [0.1, 0.15) is 0 Å². The highest BCUT2D eigenvalue weighted by Gasteiger charge is 1.95. The van der Waals surface area contributed by atoms with Gasteiger partial charge >= 0.3 is 5.97 Å². The molecule has 0 aliphatic rings. The molecule has 1 N–H and O–H groups in total. The molecule has 0 unspecified atom stereocenters. The number of carboxylic acids is 1. The molecule has 0 atom stereocenters. The summed E-state index contributed by atoms with van der Waals surface area (Å²) in [6.45, 7) is 2.20. The maximum Gasteiger partial charge on any atom is 0.303 e. The lowest BCUT2D eigenvalue weighted by Gasteiger charge is -1.99. The first-order valence-corrected chi connectivity index (χ1v) is 6.64. The number of allylic oxidation sites excluding steroid dienone is 2. The molecule has 0 aliphatic carbocycles. The van der Waals surface area contributed by atoms with Crippen molar-refractivity contribution in [2.45, 2.75) is 71.1 Å². The Hall–Kier alpha value is -0.790. The van der Waals surface area contributed by atoms with Crippen molar-refractivity contribution in [3.63, 3.8) is 0 Å². The molecule has 0 fully saturated rings. The molecule has 0 radical (unpaired) electrons. The lowest BCUT2D eigenvalue weighted by molar-refractivity contribution is -0.137. The van der Waals surface area contributed by atoms with Crippen LogP contribution in [0.5, 0.6) is 0 Å². The van der Waals surface area contributed by atoms with Gasteiger partial charge in [0, 0.05) is 6.42 Å². The molecule has 0 saturated carbocycles. The molecular weight excluding hydrogens is 200 g/mol. The van der Waals surface area contributed by atoms with Crippen molar-refractivity contribution >= 4 is 5.97 Å². The minimum absolute atomic E-state index is 0.333. The van der Waals surface area contributed by atoms with Crippen molar-refractivity contribution < 1.29 is 9.90 Å². The number of carbonyl (C=O) groups is 1. The smallest absolute Gasteiger partial charge is 0.303 e. The van der Waals surface area contributed by atoms with E-state index < -0.39 is 5.97 Å². The standard InChI is InChI=1S/C14H26O2/c1-2-3-4-5-6-7-8-9-10-11-12-13-14(15)16/h4-5H,2-3,6-13H2,1H3,(H,15,16)/b5-4+. The van der Waals surface area contributed by atoms with E-state index in [2.05, 4.69) is 19.1 Å². The van der Waals surface area contributed by atoms with Gasteiger partial charge in [0.15, 0.2) is 0 Å². The van der Waals surface area contributed by atoms with Crippen LogP contribution in [0.3, 0.4) is 0 Å². The summed E-state index contributed by atoms with van der Waals surface area (Å²) in [5, 5.41) is 8.45. The Morgan fingerprint density at radius 1 is 0.938 bits per heavy atom. The second kappa shape index (κ2) is 12.3. The van der Waals surface area contributed by atoms with Crippen LogP contribution in [0.2, 0.25) is 0 Å². The average molecular weight is 226 g/mol. The van der Waals surface area contributed by atoms with E-state index in [0.29, 0.717) is 6.42 Å². The van der Waals surface area contributed by atoms with Crippen LogP contribution in [0.25, 0.3) is 0 Å². The van der Waals surface area contributed by atoms with Crippen molar-refractivity contribution in [3.05, 3.63) is 12.2 Å². The predicted molar refractivity (Wildman–Crippen MR) is 68.6 cm³/mol. The third-order valence-corrected chi connectivity index (χ3v) is 2.63. The summed E-state index contributed by atoms with van der Waals surface area (Å²) in [5.74, 6) is -0.666. The molecule has 2 heteroatoms. The van der Waals surface area contributed by atoms with E-state index in [9.17, 15) is 4.79 Å². The Bertz CT molecular complexity index is 185. The highest BCUT2D eigenvalue weighted by Crippen LogP contribution is 2.09. The van der Waals surface area contributed by atoms with Crippen molar-refractivity contribution in [1.82, 2.24) is 0 Å². The van der Waals surface area contributed by atoms with Gasteiger partial charge in [-0.2, -0.15) is 0 Å². The summed E-state index contributed by atoms with van der Waals surface area (Å²) < 4.78 is 0. The fraction of sp³-hybridized carbons (Fsp3) is 0.786. The maximum absolute atomic E-state index is 10.3. The Kier molecular flexibility index (Phi) is 11.7. The first-order valence-electron chi connectivity index (χ1n) is 6.64. The van der Waals surface area contributed by atoms with E-state index in [1.165, 1.54) is 44.9 Å². The molecule has 0 heterocycles. The molecule has 0 saturated heterocycles. The zero-order chi connectivity index (χ0) is 12.1. The Labute approximate surface area is 99.7 Å². The maximum atomic E-state index is 10.3. The van der Waals surface area contributed by atoms with Crippen LogP contribution in [0.15, 0.2) is 12.2 Å². The zero-order valence-electron chi connectivity index (χ0n) is 10.6. The molecule has 0 amide bonds. The quantitative estimate of drug-likeness (QED) is 0.414. The van der Waals surface area contributed by atoms with Gasteiger partial charge in [-0.05, 0) is 25.7 Å². The molecular formula is C14H26O2. The topological polar surface area (TPSA) is 37.3 Å². The molecule has 0 bridgehead atoms. The van der Waals surface area contributed by atoms with E-state index in [1.807, 2.05) is 0 Å². The summed E-state index contributed by atoms with van der Waals surface area (Å²) >= 11 is 0. The number of hydrogen-bond acceptors (Lipinski definition) is 1. The molecule has 0 rings (SSSR count). The monoisotopic (exact) mass is 226 g/mol. The van der Waals surface area contributed by atoms with Crippen LogP contribution < -0.4 is 0 Å². The van der Waals surface area contributed by atoms with Gasteiger partial charge in [0.05, 0.1) is 0 Å². The summed E-state index contributed by atoms with van der Waals surface area (Å²) in [4.78, 5) is 10.3. The first-order chi connectivity index (χ1) is 7.77. The van der Waals surface area contributed by atoms with Crippen molar-refractivity contribution in [2.24, 2.45) is 0 Å². The van der Waals surface area contributed by atoms with Gasteiger partial charge < -0.3 is 5.11 Å². The number of carboxylic acid groups (broad SMARTS) is 1.